The topological polar surface area (TPSA) is 44.8 Å². The van der Waals surface area contributed by atoms with Gasteiger partial charge in [-0.15, -0.1) is 0 Å². The van der Waals surface area contributed by atoms with E-state index in [1.807, 2.05) is 60.7 Å². The zero-order chi connectivity index (χ0) is 20.1. The minimum atomic E-state index is -0.830. The highest BCUT2D eigenvalue weighted by atomic mass is 16.6. The highest BCUT2D eigenvalue weighted by molar-refractivity contribution is 5.71. The number of methoxy groups -OCH3 is 1. The van der Waals surface area contributed by atoms with E-state index in [1.165, 1.54) is 0 Å². The molecule has 4 nitrogen and oxygen atoms in total. The fraction of sp³-hybridized carbons (Fsp3) is 0.240. The third-order valence-electron chi connectivity index (χ3n) is 5.31. The average Bonchev–Trinajstić information content (AvgIpc) is 3.21. The molecule has 0 saturated carbocycles. The Labute approximate surface area is 171 Å². The van der Waals surface area contributed by atoms with Crippen molar-refractivity contribution >= 4 is 5.97 Å². The lowest BCUT2D eigenvalue weighted by atomic mass is 9.80. The monoisotopic (exact) mass is 388 g/mol. The molecule has 1 aliphatic rings. The maximum absolute atomic E-state index is 11.6. The molecule has 29 heavy (non-hydrogen) atoms. The Kier molecular flexibility index (Phi) is 5.63. The normalized spacial score (nSPS) is 16.4. The Morgan fingerprint density at radius 1 is 0.862 bits per heavy atom. The Morgan fingerprint density at radius 2 is 1.41 bits per heavy atom. The lowest BCUT2D eigenvalue weighted by molar-refractivity contribution is -0.145. The summed E-state index contributed by atoms with van der Waals surface area (Å²) >= 11 is 0. The molecule has 4 rings (SSSR count). The van der Waals surface area contributed by atoms with Crippen molar-refractivity contribution in [2.45, 2.75) is 24.5 Å². The quantitative estimate of drug-likeness (QED) is 0.434. The van der Waals surface area contributed by atoms with Crippen LogP contribution in [-0.2, 0) is 19.9 Å². The fourth-order valence-electron chi connectivity index (χ4n) is 3.84. The van der Waals surface area contributed by atoms with Gasteiger partial charge in [0.2, 0.25) is 0 Å². The molecule has 0 unspecified atom stereocenters. The molecular weight excluding hydrogens is 364 g/mol. The van der Waals surface area contributed by atoms with Crippen LogP contribution in [0.3, 0.4) is 0 Å². The zero-order valence-electron chi connectivity index (χ0n) is 16.4. The predicted molar refractivity (Wildman–Crippen MR) is 111 cm³/mol. The van der Waals surface area contributed by atoms with Gasteiger partial charge in [-0.2, -0.15) is 0 Å². The molecular formula is C25H24O4. The van der Waals surface area contributed by atoms with Crippen LogP contribution in [0.25, 0.3) is 0 Å². The Hall–Kier alpha value is -3.11. The third-order valence-corrected chi connectivity index (χ3v) is 5.31. The molecule has 1 fully saturated rings. The molecule has 0 spiro atoms. The lowest BCUT2D eigenvalue weighted by Crippen LogP contribution is -2.35. The molecule has 1 saturated heterocycles. The first-order valence-corrected chi connectivity index (χ1v) is 9.81. The van der Waals surface area contributed by atoms with Crippen molar-refractivity contribution in [3.05, 3.63) is 102 Å². The van der Waals surface area contributed by atoms with Gasteiger partial charge in [0.1, 0.15) is 17.5 Å². The largest absolute Gasteiger partial charge is 0.497 e. The average molecular weight is 388 g/mol. The van der Waals surface area contributed by atoms with Gasteiger partial charge in [0.05, 0.1) is 13.7 Å². The number of rotatable bonds is 7. The Balaban J connectivity index is 1.83. The summed E-state index contributed by atoms with van der Waals surface area (Å²) in [6.45, 7) is 0.321. The molecule has 4 heteroatoms. The molecule has 1 heterocycles. The van der Waals surface area contributed by atoms with Crippen LogP contribution in [0, 0.1) is 0 Å². The number of esters is 1. The van der Waals surface area contributed by atoms with Crippen LogP contribution in [0.5, 0.6) is 5.75 Å². The van der Waals surface area contributed by atoms with Crippen molar-refractivity contribution < 1.29 is 19.0 Å². The van der Waals surface area contributed by atoms with E-state index in [9.17, 15) is 4.79 Å². The summed E-state index contributed by atoms with van der Waals surface area (Å²) in [6.07, 6.45) is 0.897. The summed E-state index contributed by atoms with van der Waals surface area (Å²) in [7, 11) is 1.65. The van der Waals surface area contributed by atoms with Gasteiger partial charge in [0.25, 0.3) is 0 Å². The van der Waals surface area contributed by atoms with E-state index in [2.05, 4.69) is 24.3 Å². The molecule has 148 valence electrons. The van der Waals surface area contributed by atoms with Crippen molar-refractivity contribution in [3.63, 3.8) is 0 Å². The van der Waals surface area contributed by atoms with E-state index in [-0.39, 0.29) is 12.1 Å². The van der Waals surface area contributed by atoms with Crippen LogP contribution >= 0.6 is 0 Å². The van der Waals surface area contributed by atoms with Crippen LogP contribution in [0.1, 0.15) is 29.5 Å². The van der Waals surface area contributed by atoms with Gasteiger partial charge in [0.15, 0.2) is 0 Å². The second-order valence-corrected chi connectivity index (χ2v) is 7.10. The number of carbonyl (C=O) groups is 1. The number of carbonyl (C=O) groups excluding carboxylic acids is 1. The maximum Gasteiger partial charge on any atom is 0.306 e. The number of hydrogen-bond donors (Lipinski definition) is 0. The molecule has 3 aromatic carbocycles. The van der Waals surface area contributed by atoms with Crippen molar-refractivity contribution in [1.29, 1.82) is 0 Å². The molecule has 0 bridgehead atoms. The van der Waals surface area contributed by atoms with Crippen LogP contribution in [-0.4, -0.2) is 25.8 Å². The van der Waals surface area contributed by atoms with Crippen molar-refractivity contribution in [2.75, 3.05) is 13.7 Å². The standard InChI is InChI=1S/C25H24O4/c1-27-22-14-12-21(13-15-22)25(19-8-4-2-5-9-19,20-10-6-3-7-11-20)28-18-23-16-17-24(26)29-23/h2-15,23H,16-18H2,1H3/t23-/m1/s1. The van der Waals surface area contributed by atoms with Gasteiger partial charge in [-0.05, 0) is 35.2 Å². The van der Waals surface area contributed by atoms with Crippen LogP contribution < -0.4 is 4.74 Å². The van der Waals surface area contributed by atoms with Crippen LogP contribution in [0.15, 0.2) is 84.9 Å². The summed E-state index contributed by atoms with van der Waals surface area (Å²) in [6, 6.07) is 28.2. The highest BCUT2D eigenvalue weighted by Crippen LogP contribution is 2.41. The van der Waals surface area contributed by atoms with E-state index in [4.69, 9.17) is 14.2 Å². The number of hydrogen-bond acceptors (Lipinski definition) is 4. The van der Waals surface area contributed by atoms with E-state index in [0.29, 0.717) is 19.4 Å². The van der Waals surface area contributed by atoms with Gasteiger partial charge < -0.3 is 14.2 Å². The van der Waals surface area contributed by atoms with Crippen LogP contribution in [0.2, 0.25) is 0 Å². The van der Waals surface area contributed by atoms with Crippen molar-refractivity contribution in [3.8, 4) is 5.75 Å². The van der Waals surface area contributed by atoms with Crippen molar-refractivity contribution in [1.82, 2.24) is 0 Å². The molecule has 1 aliphatic heterocycles. The first-order chi connectivity index (χ1) is 14.2. The summed E-state index contributed by atoms with van der Waals surface area (Å²) in [5.41, 5.74) is 2.19. The van der Waals surface area contributed by atoms with Gasteiger partial charge in [-0.25, -0.2) is 0 Å². The van der Waals surface area contributed by atoms with E-state index >= 15 is 0 Å². The molecule has 0 aliphatic carbocycles. The molecule has 0 N–H and O–H groups in total. The Morgan fingerprint density at radius 3 is 1.90 bits per heavy atom. The molecule has 3 aromatic rings. The first-order valence-electron chi connectivity index (χ1n) is 9.81. The highest BCUT2D eigenvalue weighted by Gasteiger charge is 2.39. The lowest BCUT2D eigenvalue weighted by Gasteiger charge is -2.36. The first kappa shape index (κ1) is 19.2. The minimum Gasteiger partial charge on any atom is -0.497 e. The third kappa shape index (κ3) is 3.89. The Bertz CT molecular complexity index is 896. The van der Waals surface area contributed by atoms with Gasteiger partial charge in [-0.3, -0.25) is 4.79 Å². The second kappa shape index (κ2) is 8.50. The number of cyclic esters (lactones) is 1. The minimum absolute atomic E-state index is 0.159. The van der Waals surface area contributed by atoms with E-state index < -0.39 is 5.60 Å². The van der Waals surface area contributed by atoms with Gasteiger partial charge >= 0.3 is 5.97 Å². The summed E-state index contributed by atoms with van der Waals surface area (Å²) in [5.74, 6) is 0.626. The summed E-state index contributed by atoms with van der Waals surface area (Å²) in [5, 5.41) is 0. The van der Waals surface area contributed by atoms with E-state index in [1.54, 1.807) is 7.11 Å². The van der Waals surface area contributed by atoms with Crippen LogP contribution in [0.4, 0.5) is 0 Å². The number of ether oxygens (including phenoxy) is 3. The molecule has 1 atom stereocenters. The molecule has 0 radical (unpaired) electrons. The van der Waals surface area contributed by atoms with Gasteiger partial charge in [-0.1, -0.05) is 72.8 Å². The van der Waals surface area contributed by atoms with E-state index in [0.717, 1.165) is 22.4 Å². The smallest absolute Gasteiger partial charge is 0.306 e. The number of benzene rings is 3. The predicted octanol–water partition coefficient (Wildman–Crippen LogP) is 4.71. The zero-order valence-corrected chi connectivity index (χ0v) is 16.4. The fourth-order valence-corrected chi connectivity index (χ4v) is 3.84. The van der Waals surface area contributed by atoms with Crippen molar-refractivity contribution in [2.24, 2.45) is 0 Å². The van der Waals surface area contributed by atoms with Gasteiger partial charge in [0, 0.05) is 6.42 Å². The summed E-state index contributed by atoms with van der Waals surface area (Å²) < 4.78 is 17.4. The SMILES string of the molecule is COc1ccc(C(OC[C@H]2CCC(=O)O2)(c2ccccc2)c2ccccc2)cc1. The molecule has 0 amide bonds. The summed E-state index contributed by atoms with van der Waals surface area (Å²) in [4.78, 5) is 11.6. The second-order valence-electron chi connectivity index (χ2n) is 7.10. The molecule has 0 aromatic heterocycles. The maximum atomic E-state index is 11.6.